The number of benzene rings is 2. The Bertz CT molecular complexity index is 1160. The number of aromatic nitrogens is 1. The Hall–Kier alpha value is -2.78. The zero-order valence-electron chi connectivity index (χ0n) is 14.5. The van der Waals surface area contributed by atoms with E-state index in [4.69, 9.17) is 5.14 Å². The smallest absolute Gasteiger partial charge is 0.256 e. The van der Waals surface area contributed by atoms with Gasteiger partial charge < -0.3 is 0 Å². The van der Waals surface area contributed by atoms with Gasteiger partial charge >= 0.3 is 6.18 Å². The molecule has 0 aliphatic carbocycles. The summed E-state index contributed by atoms with van der Waals surface area (Å²) in [6.07, 6.45) is -3.13. The molecule has 0 radical (unpaired) electrons. The summed E-state index contributed by atoms with van der Waals surface area (Å²) in [4.78, 5) is 3.48. The van der Waals surface area contributed by atoms with Gasteiger partial charge in [-0.25, -0.2) is 17.9 Å². The minimum atomic E-state index is -4.53. The molecule has 0 aliphatic rings. The van der Waals surface area contributed by atoms with Crippen molar-refractivity contribution in [3.05, 3.63) is 71.7 Å². The van der Waals surface area contributed by atoms with Gasteiger partial charge in [0.25, 0.3) is 0 Å². The highest BCUT2D eigenvalue weighted by Crippen LogP contribution is 2.37. The van der Waals surface area contributed by atoms with Crippen LogP contribution in [0.25, 0.3) is 22.4 Å². The number of primary sulfonamides is 1. The number of nitrogens with two attached hydrogens (primary N) is 1. The lowest BCUT2D eigenvalue weighted by molar-refractivity contribution is -0.138. The SMILES string of the molecule is Cc1ccc(-c2ncccc2-c2ccc(S(N)(=O)=O)c(F)c2)cc1C(F)(F)F. The zero-order chi connectivity index (χ0) is 20.7. The van der Waals surface area contributed by atoms with Crippen molar-refractivity contribution in [2.24, 2.45) is 5.14 Å². The van der Waals surface area contributed by atoms with E-state index < -0.39 is 32.5 Å². The highest BCUT2D eigenvalue weighted by Gasteiger charge is 2.32. The van der Waals surface area contributed by atoms with Gasteiger partial charge in [0.15, 0.2) is 0 Å². The monoisotopic (exact) mass is 410 g/mol. The van der Waals surface area contributed by atoms with Crippen molar-refractivity contribution in [2.45, 2.75) is 18.0 Å². The predicted octanol–water partition coefficient (Wildman–Crippen LogP) is 4.53. The van der Waals surface area contributed by atoms with Crippen LogP contribution in [0, 0.1) is 12.7 Å². The van der Waals surface area contributed by atoms with Crippen LogP contribution in [0.15, 0.2) is 59.6 Å². The molecular formula is C19H14F4N2O2S. The lowest BCUT2D eigenvalue weighted by Gasteiger charge is -2.14. The second-order valence-electron chi connectivity index (χ2n) is 6.12. The van der Waals surface area contributed by atoms with Crippen LogP contribution in [0.5, 0.6) is 0 Å². The molecule has 0 fully saturated rings. The Balaban J connectivity index is 2.18. The molecule has 0 aliphatic heterocycles. The number of rotatable bonds is 3. The first-order chi connectivity index (χ1) is 13.0. The predicted molar refractivity (Wildman–Crippen MR) is 96.2 cm³/mol. The number of pyridine rings is 1. The molecule has 2 aromatic carbocycles. The standard InChI is InChI=1S/C19H14F4N2O2S/c1-11-4-5-13(9-15(11)19(21,22)23)18-14(3-2-8-25-18)12-6-7-17(16(20)10-12)28(24,26)27/h2-10H,1H3,(H2,24,26,27). The van der Waals surface area contributed by atoms with E-state index in [9.17, 15) is 26.0 Å². The number of sulfonamides is 1. The average molecular weight is 410 g/mol. The third kappa shape index (κ3) is 3.90. The van der Waals surface area contributed by atoms with Gasteiger partial charge in [0.1, 0.15) is 10.7 Å². The molecule has 0 bridgehead atoms. The first kappa shape index (κ1) is 20.0. The first-order valence-electron chi connectivity index (χ1n) is 7.94. The van der Waals surface area contributed by atoms with Crippen LogP contribution in [0.3, 0.4) is 0 Å². The Morgan fingerprint density at radius 1 is 1.00 bits per heavy atom. The molecule has 1 heterocycles. The Morgan fingerprint density at radius 2 is 1.68 bits per heavy atom. The third-order valence-corrected chi connectivity index (χ3v) is 5.12. The summed E-state index contributed by atoms with van der Waals surface area (Å²) < 4.78 is 76.7. The normalized spacial score (nSPS) is 12.2. The highest BCUT2D eigenvalue weighted by atomic mass is 32.2. The molecule has 0 unspecified atom stereocenters. The fourth-order valence-corrected chi connectivity index (χ4v) is 3.43. The minimum Gasteiger partial charge on any atom is -0.256 e. The second-order valence-corrected chi connectivity index (χ2v) is 7.65. The molecule has 0 amide bonds. The number of alkyl halides is 3. The van der Waals surface area contributed by atoms with Crippen LogP contribution < -0.4 is 5.14 Å². The molecule has 2 N–H and O–H groups in total. The Labute approximate surface area is 158 Å². The van der Waals surface area contributed by atoms with Crippen LogP contribution in [-0.4, -0.2) is 13.4 Å². The number of aryl methyl sites for hydroxylation is 1. The molecule has 9 heteroatoms. The van der Waals surface area contributed by atoms with Crippen molar-refractivity contribution in [2.75, 3.05) is 0 Å². The molecule has 4 nitrogen and oxygen atoms in total. The Kier molecular flexibility index (Phi) is 4.99. The van der Waals surface area contributed by atoms with Crippen LogP contribution in [0.4, 0.5) is 17.6 Å². The summed E-state index contributed by atoms with van der Waals surface area (Å²) >= 11 is 0. The van der Waals surface area contributed by atoms with Gasteiger partial charge in [-0.1, -0.05) is 24.3 Å². The van der Waals surface area contributed by atoms with E-state index in [-0.39, 0.29) is 22.4 Å². The van der Waals surface area contributed by atoms with E-state index in [0.717, 1.165) is 18.2 Å². The van der Waals surface area contributed by atoms with Crippen molar-refractivity contribution in [3.63, 3.8) is 0 Å². The maximum atomic E-state index is 14.2. The van der Waals surface area contributed by atoms with Gasteiger partial charge in [0.2, 0.25) is 10.0 Å². The van der Waals surface area contributed by atoms with Crippen molar-refractivity contribution in [3.8, 4) is 22.4 Å². The molecule has 3 rings (SSSR count). The van der Waals surface area contributed by atoms with Crippen LogP contribution in [0.1, 0.15) is 11.1 Å². The number of hydrogen-bond donors (Lipinski definition) is 1. The van der Waals surface area contributed by atoms with E-state index in [2.05, 4.69) is 4.98 Å². The van der Waals surface area contributed by atoms with Gasteiger partial charge in [-0.3, -0.25) is 4.98 Å². The molecule has 0 saturated carbocycles. The van der Waals surface area contributed by atoms with E-state index in [0.29, 0.717) is 5.56 Å². The quantitative estimate of drug-likeness (QED) is 0.645. The molecule has 146 valence electrons. The van der Waals surface area contributed by atoms with Gasteiger partial charge in [-0.05, 0) is 42.3 Å². The van der Waals surface area contributed by atoms with Crippen molar-refractivity contribution in [1.82, 2.24) is 4.98 Å². The molecule has 28 heavy (non-hydrogen) atoms. The fourth-order valence-electron chi connectivity index (χ4n) is 2.84. The zero-order valence-corrected chi connectivity index (χ0v) is 15.3. The maximum absolute atomic E-state index is 14.2. The van der Waals surface area contributed by atoms with Crippen LogP contribution in [0.2, 0.25) is 0 Å². The first-order valence-corrected chi connectivity index (χ1v) is 9.49. The lowest BCUT2D eigenvalue weighted by atomic mass is 9.96. The largest absolute Gasteiger partial charge is 0.416 e. The maximum Gasteiger partial charge on any atom is 0.416 e. The summed E-state index contributed by atoms with van der Waals surface area (Å²) in [5.41, 5.74) is 0.274. The lowest BCUT2D eigenvalue weighted by Crippen LogP contribution is -2.14. The summed E-state index contributed by atoms with van der Waals surface area (Å²) in [5, 5.41) is 4.95. The summed E-state index contributed by atoms with van der Waals surface area (Å²) in [7, 11) is -4.24. The summed E-state index contributed by atoms with van der Waals surface area (Å²) in [5.74, 6) is -1.06. The van der Waals surface area contributed by atoms with Crippen LogP contribution >= 0.6 is 0 Å². The van der Waals surface area contributed by atoms with E-state index >= 15 is 0 Å². The Morgan fingerprint density at radius 3 is 2.29 bits per heavy atom. The van der Waals surface area contributed by atoms with Crippen molar-refractivity contribution in [1.29, 1.82) is 0 Å². The van der Waals surface area contributed by atoms with E-state index in [1.165, 1.54) is 31.3 Å². The van der Waals surface area contributed by atoms with Gasteiger partial charge in [0, 0.05) is 17.3 Å². The highest BCUT2D eigenvalue weighted by molar-refractivity contribution is 7.89. The molecule has 0 saturated heterocycles. The topological polar surface area (TPSA) is 73.0 Å². The second kappa shape index (κ2) is 6.99. The minimum absolute atomic E-state index is 0.0669. The summed E-state index contributed by atoms with van der Waals surface area (Å²) in [6, 6.07) is 10.2. The fraction of sp³-hybridized carbons (Fsp3) is 0.105. The number of nitrogens with zero attached hydrogens (tertiary/aromatic N) is 1. The third-order valence-electron chi connectivity index (χ3n) is 4.17. The molecule has 0 spiro atoms. The van der Waals surface area contributed by atoms with Gasteiger partial charge in [0.05, 0.1) is 11.3 Å². The molecule has 1 aromatic heterocycles. The number of halogens is 4. The average Bonchev–Trinajstić information content (AvgIpc) is 2.60. The van der Waals surface area contributed by atoms with Crippen molar-refractivity contribution >= 4 is 10.0 Å². The van der Waals surface area contributed by atoms with E-state index in [1.807, 2.05) is 0 Å². The van der Waals surface area contributed by atoms with Gasteiger partial charge in [-0.2, -0.15) is 13.2 Å². The summed E-state index contributed by atoms with van der Waals surface area (Å²) in [6.45, 7) is 1.35. The molecular weight excluding hydrogens is 396 g/mol. The molecule has 3 aromatic rings. The molecule has 0 atom stereocenters. The van der Waals surface area contributed by atoms with Crippen LogP contribution in [-0.2, 0) is 16.2 Å². The number of hydrogen-bond acceptors (Lipinski definition) is 3. The van der Waals surface area contributed by atoms with E-state index in [1.54, 1.807) is 12.1 Å². The van der Waals surface area contributed by atoms with Gasteiger partial charge in [-0.15, -0.1) is 0 Å². The van der Waals surface area contributed by atoms with Crippen molar-refractivity contribution < 1.29 is 26.0 Å².